The molecule has 1 aromatic heterocycles. The Balaban J connectivity index is 2.08. The van der Waals surface area contributed by atoms with Gasteiger partial charge in [0.05, 0.1) is 23.1 Å². The van der Waals surface area contributed by atoms with Gasteiger partial charge in [-0.15, -0.1) is 0 Å². The molecule has 5 heteroatoms. The number of carbonyl (C=O) groups is 1. The van der Waals surface area contributed by atoms with Gasteiger partial charge in [0.15, 0.2) is 0 Å². The molecule has 1 amide bonds. The Kier molecular flexibility index (Phi) is 4.58. The molecule has 1 N–H and O–H groups in total. The summed E-state index contributed by atoms with van der Waals surface area (Å²) in [6.45, 7) is 5.49. The van der Waals surface area contributed by atoms with E-state index in [9.17, 15) is 4.79 Å². The van der Waals surface area contributed by atoms with Crippen molar-refractivity contribution in [2.24, 2.45) is 7.05 Å². The molecule has 0 spiro atoms. The lowest BCUT2D eigenvalue weighted by molar-refractivity contribution is 0.0856. The van der Waals surface area contributed by atoms with Gasteiger partial charge in [-0.3, -0.25) is 9.48 Å². The van der Waals surface area contributed by atoms with E-state index in [1.165, 1.54) is 0 Å². The molecule has 2 heterocycles. The topological polar surface area (TPSA) is 56.2 Å². The lowest BCUT2D eigenvalue weighted by atomic mass is 10.1. The molecule has 2 rings (SSSR count). The van der Waals surface area contributed by atoms with E-state index in [4.69, 9.17) is 4.74 Å². The van der Waals surface area contributed by atoms with Crippen molar-refractivity contribution in [1.29, 1.82) is 0 Å². The Morgan fingerprint density at radius 3 is 2.84 bits per heavy atom. The van der Waals surface area contributed by atoms with Gasteiger partial charge in [0.1, 0.15) is 0 Å². The van der Waals surface area contributed by atoms with Crippen LogP contribution in [0.5, 0.6) is 0 Å². The first kappa shape index (κ1) is 14.1. The molecule has 0 saturated carbocycles. The predicted octanol–water partition coefficient (Wildman–Crippen LogP) is 1.45. The number of carbonyl (C=O) groups excluding carboxylic acids is 1. The highest BCUT2D eigenvalue weighted by Crippen LogP contribution is 2.16. The summed E-state index contributed by atoms with van der Waals surface area (Å²) in [5.74, 6) is -0.0164. The van der Waals surface area contributed by atoms with Crippen LogP contribution < -0.4 is 5.32 Å². The summed E-state index contributed by atoms with van der Waals surface area (Å²) in [4.78, 5) is 12.4. The highest BCUT2D eigenvalue weighted by atomic mass is 16.5. The first-order valence-corrected chi connectivity index (χ1v) is 7.11. The normalized spacial score (nSPS) is 18.8. The molecule has 5 nitrogen and oxygen atoms in total. The molecule has 1 aromatic rings. The zero-order chi connectivity index (χ0) is 13.8. The van der Waals surface area contributed by atoms with E-state index in [1.54, 1.807) is 0 Å². The maximum Gasteiger partial charge on any atom is 0.255 e. The van der Waals surface area contributed by atoms with Crippen LogP contribution >= 0.6 is 0 Å². The molecule has 1 fully saturated rings. The highest BCUT2D eigenvalue weighted by molar-refractivity contribution is 5.96. The first-order chi connectivity index (χ1) is 9.17. The average molecular weight is 265 g/mol. The van der Waals surface area contributed by atoms with Crippen LogP contribution in [0, 0.1) is 0 Å². The number of aryl methyl sites for hydroxylation is 2. The van der Waals surface area contributed by atoms with Gasteiger partial charge in [-0.25, -0.2) is 0 Å². The van der Waals surface area contributed by atoms with E-state index in [0.717, 1.165) is 49.2 Å². The van der Waals surface area contributed by atoms with Crippen molar-refractivity contribution in [1.82, 2.24) is 15.1 Å². The van der Waals surface area contributed by atoms with Crippen molar-refractivity contribution in [2.75, 3.05) is 13.2 Å². The molecule has 1 atom stereocenters. The first-order valence-electron chi connectivity index (χ1n) is 7.11. The largest absolute Gasteiger partial charge is 0.376 e. The van der Waals surface area contributed by atoms with Crippen LogP contribution in [0.3, 0.4) is 0 Å². The molecule has 0 bridgehead atoms. The number of hydrogen-bond acceptors (Lipinski definition) is 3. The smallest absolute Gasteiger partial charge is 0.255 e. The van der Waals surface area contributed by atoms with Crippen molar-refractivity contribution in [2.45, 2.75) is 45.6 Å². The van der Waals surface area contributed by atoms with E-state index in [1.807, 2.05) is 25.6 Å². The SMILES string of the molecule is CCc1nn(C)c(CC)c1C(=O)NC[C@@H]1CCCO1. The monoisotopic (exact) mass is 265 g/mol. The van der Waals surface area contributed by atoms with Crippen molar-refractivity contribution in [3.63, 3.8) is 0 Å². The number of hydrogen-bond donors (Lipinski definition) is 1. The maximum atomic E-state index is 12.4. The number of nitrogens with one attached hydrogen (secondary N) is 1. The standard InChI is InChI=1S/C14H23N3O2/c1-4-11-13(12(5-2)17(3)16-11)14(18)15-9-10-7-6-8-19-10/h10H,4-9H2,1-3H3,(H,15,18)/t10-/m0/s1. The minimum absolute atomic E-state index is 0.0164. The number of rotatable bonds is 5. The van der Waals surface area contributed by atoms with Gasteiger partial charge in [-0.2, -0.15) is 5.10 Å². The molecular weight excluding hydrogens is 242 g/mol. The molecule has 0 unspecified atom stereocenters. The summed E-state index contributed by atoms with van der Waals surface area (Å²) in [7, 11) is 1.90. The quantitative estimate of drug-likeness (QED) is 0.876. The fraction of sp³-hybridized carbons (Fsp3) is 0.714. The summed E-state index contributed by atoms with van der Waals surface area (Å²) in [6.07, 6.45) is 3.89. The Morgan fingerprint density at radius 1 is 1.47 bits per heavy atom. The second kappa shape index (κ2) is 6.19. The Hall–Kier alpha value is -1.36. The van der Waals surface area contributed by atoms with E-state index >= 15 is 0 Å². The molecule has 1 saturated heterocycles. The third-order valence-corrected chi connectivity index (χ3v) is 3.65. The second-order valence-corrected chi connectivity index (χ2v) is 4.94. The highest BCUT2D eigenvalue weighted by Gasteiger charge is 2.22. The number of ether oxygens (including phenoxy) is 1. The number of aromatic nitrogens is 2. The minimum Gasteiger partial charge on any atom is -0.376 e. The maximum absolute atomic E-state index is 12.4. The van der Waals surface area contributed by atoms with Gasteiger partial charge in [0, 0.05) is 20.2 Å². The number of amides is 1. The van der Waals surface area contributed by atoms with Crippen LogP contribution in [0.15, 0.2) is 0 Å². The lowest BCUT2D eigenvalue weighted by Crippen LogP contribution is -2.32. The Bertz CT molecular complexity index is 448. The van der Waals surface area contributed by atoms with Gasteiger partial charge < -0.3 is 10.1 Å². The molecule has 1 aliphatic rings. The van der Waals surface area contributed by atoms with E-state index in [-0.39, 0.29) is 12.0 Å². The van der Waals surface area contributed by atoms with Crippen LogP contribution in [0.1, 0.15) is 48.4 Å². The third-order valence-electron chi connectivity index (χ3n) is 3.65. The zero-order valence-corrected chi connectivity index (χ0v) is 12.0. The van der Waals surface area contributed by atoms with Gasteiger partial charge in [-0.1, -0.05) is 13.8 Å². The van der Waals surface area contributed by atoms with Crippen molar-refractivity contribution in [3.8, 4) is 0 Å². The van der Waals surface area contributed by atoms with Gasteiger partial charge in [0.2, 0.25) is 0 Å². The van der Waals surface area contributed by atoms with Crippen LogP contribution in [0.25, 0.3) is 0 Å². The third kappa shape index (κ3) is 2.97. The van der Waals surface area contributed by atoms with Gasteiger partial charge >= 0.3 is 0 Å². The molecule has 0 radical (unpaired) electrons. The Morgan fingerprint density at radius 2 is 2.26 bits per heavy atom. The molecular formula is C14H23N3O2. The summed E-state index contributed by atoms with van der Waals surface area (Å²) in [5.41, 5.74) is 2.64. The summed E-state index contributed by atoms with van der Waals surface area (Å²) >= 11 is 0. The van der Waals surface area contributed by atoms with Crippen molar-refractivity contribution in [3.05, 3.63) is 17.0 Å². The van der Waals surface area contributed by atoms with Gasteiger partial charge in [-0.05, 0) is 25.7 Å². The van der Waals surface area contributed by atoms with E-state index < -0.39 is 0 Å². The minimum atomic E-state index is -0.0164. The molecule has 106 valence electrons. The fourth-order valence-corrected chi connectivity index (χ4v) is 2.64. The summed E-state index contributed by atoms with van der Waals surface area (Å²) in [5, 5.41) is 7.41. The average Bonchev–Trinajstić information content (AvgIpc) is 3.02. The van der Waals surface area contributed by atoms with Crippen LogP contribution in [-0.4, -0.2) is 34.9 Å². The molecule has 19 heavy (non-hydrogen) atoms. The predicted molar refractivity (Wildman–Crippen MR) is 73.3 cm³/mol. The molecule has 0 aromatic carbocycles. The molecule has 0 aliphatic carbocycles. The second-order valence-electron chi connectivity index (χ2n) is 4.94. The number of nitrogens with zero attached hydrogens (tertiary/aromatic N) is 2. The Labute approximate surface area is 114 Å². The molecule has 1 aliphatic heterocycles. The van der Waals surface area contributed by atoms with Crippen LogP contribution in [0.2, 0.25) is 0 Å². The van der Waals surface area contributed by atoms with Crippen LogP contribution in [-0.2, 0) is 24.6 Å². The lowest BCUT2D eigenvalue weighted by Gasteiger charge is -2.11. The zero-order valence-electron chi connectivity index (χ0n) is 12.0. The van der Waals surface area contributed by atoms with E-state index in [2.05, 4.69) is 10.4 Å². The summed E-state index contributed by atoms with van der Waals surface area (Å²) in [6, 6.07) is 0. The van der Waals surface area contributed by atoms with Crippen molar-refractivity contribution < 1.29 is 9.53 Å². The van der Waals surface area contributed by atoms with Gasteiger partial charge in [0.25, 0.3) is 5.91 Å². The fourth-order valence-electron chi connectivity index (χ4n) is 2.64. The van der Waals surface area contributed by atoms with E-state index in [0.29, 0.717) is 6.54 Å². The van der Waals surface area contributed by atoms with Crippen LogP contribution in [0.4, 0.5) is 0 Å². The summed E-state index contributed by atoms with van der Waals surface area (Å²) < 4.78 is 7.34. The van der Waals surface area contributed by atoms with Crippen molar-refractivity contribution >= 4 is 5.91 Å².